The molecule has 5 heteroatoms. The summed E-state index contributed by atoms with van der Waals surface area (Å²) in [5.74, 6) is 0.513. The maximum Gasteiger partial charge on any atom is 0.224 e. The van der Waals surface area contributed by atoms with Gasteiger partial charge in [0.25, 0.3) is 0 Å². The van der Waals surface area contributed by atoms with Crippen molar-refractivity contribution in [2.75, 3.05) is 37.4 Å². The molecule has 0 saturated carbocycles. The van der Waals surface area contributed by atoms with Crippen molar-refractivity contribution >= 4 is 28.9 Å². The maximum atomic E-state index is 11.9. The summed E-state index contributed by atoms with van der Waals surface area (Å²) in [6, 6.07) is 5.51. The highest BCUT2D eigenvalue weighted by molar-refractivity contribution is 6.31. The summed E-state index contributed by atoms with van der Waals surface area (Å²) in [6.07, 6.45) is 0.562. The normalized spacial score (nSPS) is 15.1. The van der Waals surface area contributed by atoms with Crippen LogP contribution < -0.4 is 15.5 Å². The van der Waals surface area contributed by atoms with Crippen molar-refractivity contribution in [3.8, 4) is 0 Å². The number of hydrogen-bond donors (Lipinski definition) is 2. The Hall–Kier alpha value is -1.26. The second kappa shape index (κ2) is 5.59. The number of benzene rings is 1. The van der Waals surface area contributed by atoms with E-state index in [1.165, 1.54) is 0 Å². The molecule has 0 bridgehead atoms. The Morgan fingerprint density at radius 1 is 1.50 bits per heavy atom. The molecule has 2 rings (SSSR count). The van der Waals surface area contributed by atoms with Gasteiger partial charge in [-0.15, -0.1) is 0 Å². The van der Waals surface area contributed by atoms with Gasteiger partial charge in [-0.25, -0.2) is 0 Å². The number of halogens is 1. The highest BCUT2D eigenvalue weighted by atomic mass is 35.5. The molecule has 1 aromatic carbocycles. The van der Waals surface area contributed by atoms with Gasteiger partial charge in [0.2, 0.25) is 5.91 Å². The molecule has 0 atom stereocenters. The zero-order chi connectivity index (χ0) is 13.1. The number of nitrogens with one attached hydrogen (secondary N) is 2. The molecule has 98 valence electrons. The second-order valence-corrected chi connectivity index (χ2v) is 5.27. The van der Waals surface area contributed by atoms with Gasteiger partial charge in [0.05, 0.1) is 11.4 Å². The van der Waals surface area contributed by atoms with Gasteiger partial charge in [0.1, 0.15) is 0 Å². The summed E-state index contributed by atoms with van der Waals surface area (Å²) in [4.78, 5) is 13.9. The number of carbonyl (C=O) groups is 1. The summed E-state index contributed by atoms with van der Waals surface area (Å²) < 4.78 is 0. The van der Waals surface area contributed by atoms with E-state index in [-0.39, 0.29) is 5.91 Å². The first-order valence-corrected chi connectivity index (χ1v) is 6.41. The largest absolute Gasteiger partial charge is 0.376 e. The predicted octanol–water partition coefficient (Wildman–Crippen LogP) is 1.95. The monoisotopic (exact) mass is 267 g/mol. The lowest BCUT2D eigenvalue weighted by atomic mass is 9.99. The maximum absolute atomic E-state index is 11.9. The molecule has 1 aliphatic rings. The van der Waals surface area contributed by atoms with E-state index in [0.717, 1.165) is 24.5 Å². The third-order valence-corrected chi connectivity index (χ3v) is 3.29. The van der Waals surface area contributed by atoms with Gasteiger partial charge in [-0.1, -0.05) is 11.6 Å². The molecule has 18 heavy (non-hydrogen) atoms. The molecule has 0 aromatic heterocycles. The topological polar surface area (TPSA) is 44.4 Å². The molecule has 1 saturated heterocycles. The highest BCUT2D eigenvalue weighted by Crippen LogP contribution is 2.28. The number of hydrogen-bond acceptors (Lipinski definition) is 3. The number of rotatable bonds is 4. The van der Waals surface area contributed by atoms with Crippen molar-refractivity contribution in [3.63, 3.8) is 0 Å². The Morgan fingerprint density at radius 3 is 2.78 bits per heavy atom. The predicted molar refractivity (Wildman–Crippen MR) is 75.4 cm³/mol. The minimum atomic E-state index is 0.0480. The second-order valence-electron chi connectivity index (χ2n) is 4.83. The first-order chi connectivity index (χ1) is 8.56. The fraction of sp³-hybridized carbons (Fsp3) is 0.462. The Labute approximate surface area is 112 Å². The average molecular weight is 268 g/mol. The SMILES string of the molecule is CN(C)c1ccc(Cl)cc1NC(=O)CC1CNC1. The Balaban J connectivity index is 2.06. The third kappa shape index (κ3) is 3.15. The van der Waals surface area contributed by atoms with Gasteiger partial charge >= 0.3 is 0 Å². The van der Waals surface area contributed by atoms with Crippen LogP contribution in [0.3, 0.4) is 0 Å². The number of nitrogens with zero attached hydrogens (tertiary/aromatic N) is 1. The molecular weight excluding hydrogens is 250 g/mol. The van der Waals surface area contributed by atoms with E-state index >= 15 is 0 Å². The molecule has 1 aliphatic heterocycles. The van der Waals surface area contributed by atoms with Crippen LogP contribution in [0.4, 0.5) is 11.4 Å². The van der Waals surface area contributed by atoms with Crippen molar-refractivity contribution in [3.05, 3.63) is 23.2 Å². The molecule has 0 spiro atoms. The fourth-order valence-corrected chi connectivity index (χ4v) is 2.13. The molecule has 0 aliphatic carbocycles. The Bertz CT molecular complexity index is 444. The zero-order valence-corrected chi connectivity index (χ0v) is 11.4. The Kier molecular flexibility index (Phi) is 4.09. The molecule has 1 amide bonds. The average Bonchev–Trinajstić information content (AvgIpc) is 2.23. The minimum Gasteiger partial charge on any atom is -0.376 e. The van der Waals surface area contributed by atoms with Crippen molar-refractivity contribution in [2.24, 2.45) is 5.92 Å². The molecule has 1 aromatic rings. The van der Waals surface area contributed by atoms with Crippen molar-refractivity contribution in [2.45, 2.75) is 6.42 Å². The fourth-order valence-electron chi connectivity index (χ4n) is 1.95. The van der Waals surface area contributed by atoms with E-state index in [4.69, 9.17) is 11.6 Å². The van der Waals surface area contributed by atoms with Crippen LogP contribution in [-0.2, 0) is 4.79 Å². The number of amides is 1. The highest BCUT2D eigenvalue weighted by Gasteiger charge is 2.20. The van der Waals surface area contributed by atoms with Gasteiger partial charge in [0.15, 0.2) is 0 Å². The first kappa shape index (κ1) is 13.2. The van der Waals surface area contributed by atoms with Crippen LogP contribution in [0.2, 0.25) is 5.02 Å². The summed E-state index contributed by atoms with van der Waals surface area (Å²) in [5.41, 5.74) is 1.73. The summed E-state index contributed by atoms with van der Waals surface area (Å²) >= 11 is 5.97. The van der Waals surface area contributed by atoms with Gasteiger partial charge in [-0.3, -0.25) is 4.79 Å². The van der Waals surface area contributed by atoms with E-state index in [2.05, 4.69) is 10.6 Å². The lowest BCUT2D eigenvalue weighted by Gasteiger charge is -2.26. The van der Waals surface area contributed by atoms with Gasteiger partial charge < -0.3 is 15.5 Å². The third-order valence-electron chi connectivity index (χ3n) is 3.05. The van der Waals surface area contributed by atoms with E-state index in [9.17, 15) is 4.79 Å². The summed E-state index contributed by atoms with van der Waals surface area (Å²) in [7, 11) is 3.88. The molecule has 1 fully saturated rings. The molecule has 0 radical (unpaired) electrons. The van der Waals surface area contributed by atoms with E-state index in [0.29, 0.717) is 17.4 Å². The summed E-state index contributed by atoms with van der Waals surface area (Å²) in [5, 5.41) is 6.72. The van der Waals surface area contributed by atoms with E-state index in [1.807, 2.05) is 31.1 Å². The van der Waals surface area contributed by atoms with Crippen LogP contribution in [0, 0.1) is 5.92 Å². The van der Waals surface area contributed by atoms with Crippen molar-refractivity contribution in [1.29, 1.82) is 0 Å². The van der Waals surface area contributed by atoms with E-state index in [1.54, 1.807) is 6.07 Å². The van der Waals surface area contributed by atoms with Gasteiger partial charge in [0, 0.05) is 25.5 Å². The van der Waals surface area contributed by atoms with Crippen molar-refractivity contribution in [1.82, 2.24) is 5.32 Å². The first-order valence-electron chi connectivity index (χ1n) is 6.03. The van der Waals surface area contributed by atoms with Crippen LogP contribution in [0.1, 0.15) is 6.42 Å². The van der Waals surface area contributed by atoms with Crippen LogP contribution in [0.15, 0.2) is 18.2 Å². The summed E-state index contributed by atoms with van der Waals surface area (Å²) in [6.45, 7) is 1.87. The van der Waals surface area contributed by atoms with Gasteiger partial charge in [-0.05, 0) is 37.2 Å². The van der Waals surface area contributed by atoms with Crippen LogP contribution in [0.25, 0.3) is 0 Å². The Morgan fingerprint density at radius 2 is 2.22 bits per heavy atom. The van der Waals surface area contributed by atoms with Gasteiger partial charge in [-0.2, -0.15) is 0 Å². The molecular formula is C13H18ClN3O. The van der Waals surface area contributed by atoms with Crippen LogP contribution in [-0.4, -0.2) is 33.1 Å². The van der Waals surface area contributed by atoms with Crippen molar-refractivity contribution < 1.29 is 4.79 Å². The zero-order valence-electron chi connectivity index (χ0n) is 10.7. The standard InChI is InChI=1S/C13H18ClN3O/c1-17(2)12-4-3-10(14)6-11(12)16-13(18)5-9-7-15-8-9/h3-4,6,9,15H,5,7-8H2,1-2H3,(H,16,18). The smallest absolute Gasteiger partial charge is 0.224 e. The lowest BCUT2D eigenvalue weighted by molar-refractivity contribution is -0.117. The number of carbonyl (C=O) groups excluding carboxylic acids is 1. The molecule has 2 N–H and O–H groups in total. The minimum absolute atomic E-state index is 0.0480. The number of anilines is 2. The molecule has 4 nitrogen and oxygen atoms in total. The quantitative estimate of drug-likeness (QED) is 0.877. The molecule has 1 heterocycles. The lowest BCUT2D eigenvalue weighted by Crippen LogP contribution is -2.43. The molecule has 0 unspecified atom stereocenters. The van der Waals surface area contributed by atoms with E-state index < -0.39 is 0 Å². The van der Waals surface area contributed by atoms with Crippen LogP contribution in [0.5, 0.6) is 0 Å². The van der Waals surface area contributed by atoms with Crippen LogP contribution >= 0.6 is 11.6 Å².